The van der Waals surface area contributed by atoms with Gasteiger partial charge in [0.1, 0.15) is 5.75 Å². The van der Waals surface area contributed by atoms with Gasteiger partial charge in [-0.15, -0.1) is 0 Å². The highest BCUT2D eigenvalue weighted by molar-refractivity contribution is 6.42. The van der Waals surface area contributed by atoms with Gasteiger partial charge in [-0.25, -0.2) is 4.79 Å². The first-order chi connectivity index (χ1) is 17.9. The molecule has 198 valence electrons. The van der Waals surface area contributed by atoms with Crippen molar-refractivity contribution >= 4 is 35.1 Å². The molecule has 0 bridgehead atoms. The van der Waals surface area contributed by atoms with Gasteiger partial charge in [0.25, 0.3) is 0 Å². The molecule has 0 radical (unpaired) electrons. The van der Waals surface area contributed by atoms with Gasteiger partial charge in [-0.3, -0.25) is 4.79 Å². The van der Waals surface area contributed by atoms with Crippen LogP contribution in [0.5, 0.6) is 5.75 Å². The van der Waals surface area contributed by atoms with Crippen LogP contribution in [0.25, 0.3) is 0 Å². The van der Waals surface area contributed by atoms with E-state index in [4.69, 9.17) is 42.9 Å². The predicted molar refractivity (Wildman–Crippen MR) is 140 cm³/mol. The summed E-state index contributed by atoms with van der Waals surface area (Å²) in [6, 6.07) is 12.2. The van der Waals surface area contributed by atoms with Gasteiger partial charge in [0.2, 0.25) is 17.5 Å². The van der Waals surface area contributed by atoms with Crippen LogP contribution in [0.4, 0.5) is 4.79 Å². The Morgan fingerprint density at radius 1 is 1.08 bits per heavy atom. The topological polar surface area (TPSA) is 130 Å². The average Bonchev–Trinajstić information content (AvgIpc) is 3.35. The number of halogens is 2. The number of unbranched alkanes of at least 4 members (excludes halogenated alkanes) is 1. The van der Waals surface area contributed by atoms with Crippen LogP contribution >= 0.6 is 23.2 Å². The third-order valence-corrected chi connectivity index (χ3v) is 6.18. The van der Waals surface area contributed by atoms with Gasteiger partial charge in [0, 0.05) is 6.42 Å². The molecule has 0 saturated carbocycles. The molecule has 3 rings (SSSR count). The standard InChI is InChI=1S/C26H30Cl2N4O5/c1-2-35-26(34)30-22(5-3-4-13-29)24(33)25-31-23(37-32-25)16-17-6-9-19(10-7-17)36-14-12-18-8-11-20(27)21(28)15-18/h6-11,15,22H,2-5,12-14,16,29H2,1H3,(H,30,34). The fourth-order valence-electron chi connectivity index (χ4n) is 3.52. The Kier molecular flexibility index (Phi) is 11.2. The zero-order valence-electron chi connectivity index (χ0n) is 20.5. The molecular weight excluding hydrogens is 519 g/mol. The Labute approximate surface area is 225 Å². The number of benzene rings is 2. The summed E-state index contributed by atoms with van der Waals surface area (Å²) in [7, 11) is 0. The number of carbonyl (C=O) groups is 2. The highest BCUT2D eigenvalue weighted by Crippen LogP contribution is 2.23. The quantitative estimate of drug-likeness (QED) is 0.212. The summed E-state index contributed by atoms with van der Waals surface area (Å²) < 4.78 is 16.0. The number of carbonyl (C=O) groups excluding carboxylic acids is 2. The number of nitrogens with two attached hydrogens (primary N) is 1. The zero-order valence-corrected chi connectivity index (χ0v) is 22.1. The Bertz CT molecular complexity index is 1170. The average molecular weight is 549 g/mol. The Morgan fingerprint density at radius 2 is 1.84 bits per heavy atom. The van der Waals surface area contributed by atoms with E-state index in [1.54, 1.807) is 13.0 Å². The maximum atomic E-state index is 12.9. The maximum absolute atomic E-state index is 12.9. The molecule has 1 unspecified atom stereocenters. The van der Waals surface area contributed by atoms with E-state index in [0.29, 0.717) is 48.9 Å². The SMILES string of the molecule is CCOC(=O)NC(CCCCN)C(=O)c1noc(Cc2ccc(OCCc3ccc(Cl)c(Cl)c3)cc2)n1. The number of amides is 1. The van der Waals surface area contributed by atoms with Crippen molar-refractivity contribution in [2.75, 3.05) is 19.8 Å². The highest BCUT2D eigenvalue weighted by atomic mass is 35.5. The third kappa shape index (κ3) is 9.03. The molecule has 2 aromatic carbocycles. The molecule has 1 heterocycles. The van der Waals surface area contributed by atoms with Gasteiger partial charge in [0.05, 0.1) is 35.7 Å². The van der Waals surface area contributed by atoms with Crippen molar-refractivity contribution in [3.8, 4) is 5.75 Å². The van der Waals surface area contributed by atoms with Crippen LogP contribution in [0, 0.1) is 0 Å². The van der Waals surface area contributed by atoms with E-state index in [1.807, 2.05) is 36.4 Å². The van der Waals surface area contributed by atoms with Gasteiger partial charge in [0.15, 0.2) is 0 Å². The monoisotopic (exact) mass is 548 g/mol. The number of hydrogen-bond acceptors (Lipinski definition) is 8. The van der Waals surface area contributed by atoms with E-state index in [9.17, 15) is 9.59 Å². The van der Waals surface area contributed by atoms with Crippen LogP contribution < -0.4 is 15.8 Å². The molecule has 0 fully saturated rings. The van der Waals surface area contributed by atoms with Crippen molar-refractivity contribution in [3.63, 3.8) is 0 Å². The van der Waals surface area contributed by atoms with Crippen molar-refractivity contribution in [2.45, 2.75) is 45.1 Å². The first-order valence-corrected chi connectivity index (χ1v) is 12.8. The molecule has 1 aromatic heterocycles. The van der Waals surface area contributed by atoms with E-state index < -0.39 is 17.9 Å². The first kappa shape index (κ1) is 28.4. The lowest BCUT2D eigenvalue weighted by atomic mass is 10.0. The van der Waals surface area contributed by atoms with Gasteiger partial charge in [-0.1, -0.05) is 46.6 Å². The number of nitrogens with zero attached hydrogens (tertiary/aromatic N) is 2. The lowest BCUT2D eigenvalue weighted by Gasteiger charge is -2.15. The molecule has 37 heavy (non-hydrogen) atoms. The second kappa shape index (κ2) is 14.6. The molecule has 1 atom stereocenters. The van der Waals surface area contributed by atoms with Gasteiger partial charge in [-0.2, -0.15) is 4.98 Å². The van der Waals surface area contributed by atoms with Crippen molar-refractivity contribution in [1.82, 2.24) is 15.5 Å². The van der Waals surface area contributed by atoms with Crippen LogP contribution in [0.2, 0.25) is 10.0 Å². The lowest BCUT2D eigenvalue weighted by Crippen LogP contribution is -2.41. The molecule has 0 aliphatic rings. The molecule has 0 aliphatic heterocycles. The smallest absolute Gasteiger partial charge is 0.407 e. The normalized spacial score (nSPS) is 11.7. The van der Waals surface area contributed by atoms with Crippen molar-refractivity contribution < 1.29 is 23.6 Å². The summed E-state index contributed by atoms with van der Waals surface area (Å²) in [5.41, 5.74) is 7.48. The Hall–Kier alpha value is -3.14. The van der Waals surface area contributed by atoms with E-state index >= 15 is 0 Å². The van der Waals surface area contributed by atoms with Crippen molar-refractivity contribution in [2.24, 2.45) is 5.73 Å². The van der Waals surface area contributed by atoms with Crippen molar-refractivity contribution in [1.29, 1.82) is 0 Å². The second-order valence-electron chi connectivity index (χ2n) is 8.25. The number of hydrogen-bond donors (Lipinski definition) is 2. The molecule has 0 aliphatic carbocycles. The third-order valence-electron chi connectivity index (χ3n) is 5.44. The lowest BCUT2D eigenvalue weighted by molar-refractivity contribution is 0.0903. The number of ketones is 1. The summed E-state index contributed by atoms with van der Waals surface area (Å²) in [6.07, 6.45) is 2.14. The zero-order chi connectivity index (χ0) is 26.6. The summed E-state index contributed by atoms with van der Waals surface area (Å²) in [6.45, 7) is 2.86. The maximum Gasteiger partial charge on any atom is 0.407 e. The largest absolute Gasteiger partial charge is 0.493 e. The van der Waals surface area contributed by atoms with Crippen LogP contribution in [0.3, 0.4) is 0 Å². The molecule has 3 N–H and O–H groups in total. The highest BCUT2D eigenvalue weighted by Gasteiger charge is 2.26. The Balaban J connectivity index is 1.54. The summed E-state index contributed by atoms with van der Waals surface area (Å²) in [5, 5.41) is 7.43. The van der Waals surface area contributed by atoms with E-state index in [0.717, 1.165) is 23.3 Å². The van der Waals surface area contributed by atoms with Gasteiger partial charge in [-0.05, 0) is 68.1 Å². The number of Topliss-reactive ketones (excluding diaryl/α,β-unsaturated/α-hetero) is 1. The number of nitrogens with one attached hydrogen (secondary N) is 1. The predicted octanol–water partition coefficient (Wildman–Crippen LogP) is 5.02. The number of aromatic nitrogens is 2. The fraction of sp³-hybridized carbons (Fsp3) is 0.385. The fourth-order valence-corrected chi connectivity index (χ4v) is 3.84. The Morgan fingerprint density at radius 3 is 2.54 bits per heavy atom. The summed E-state index contributed by atoms with van der Waals surface area (Å²) in [4.78, 5) is 29.0. The molecule has 0 spiro atoms. The summed E-state index contributed by atoms with van der Waals surface area (Å²) in [5.74, 6) is 0.474. The number of rotatable bonds is 14. The van der Waals surface area contributed by atoms with Crippen LogP contribution in [-0.4, -0.2) is 47.8 Å². The molecule has 11 heteroatoms. The summed E-state index contributed by atoms with van der Waals surface area (Å²) >= 11 is 12.0. The van der Waals surface area contributed by atoms with E-state index in [1.165, 1.54) is 0 Å². The minimum atomic E-state index is -0.823. The van der Waals surface area contributed by atoms with Crippen LogP contribution in [-0.2, 0) is 17.6 Å². The van der Waals surface area contributed by atoms with E-state index in [-0.39, 0.29) is 18.3 Å². The van der Waals surface area contributed by atoms with Crippen molar-refractivity contribution in [3.05, 3.63) is 75.4 Å². The molecular formula is C26H30Cl2N4O5. The van der Waals surface area contributed by atoms with Gasteiger partial charge >= 0.3 is 6.09 Å². The first-order valence-electron chi connectivity index (χ1n) is 12.1. The second-order valence-corrected chi connectivity index (χ2v) is 9.06. The van der Waals surface area contributed by atoms with Gasteiger partial charge < -0.3 is 25.0 Å². The van der Waals surface area contributed by atoms with Crippen LogP contribution in [0.15, 0.2) is 47.0 Å². The minimum Gasteiger partial charge on any atom is -0.493 e. The van der Waals surface area contributed by atoms with Crippen LogP contribution in [0.1, 0.15) is 53.8 Å². The van der Waals surface area contributed by atoms with E-state index in [2.05, 4.69) is 15.5 Å². The molecule has 9 nitrogen and oxygen atoms in total. The minimum absolute atomic E-state index is 0.0909. The molecule has 1 amide bonds. The molecule has 0 saturated heterocycles. The molecule has 3 aromatic rings. The number of alkyl carbamates (subject to hydrolysis) is 1. The number of ether oxygens (including phenoxy) is 2.